The summed E-state index contributed by atoms with van der Waals surface area (Å²) < 4.78 is 6.70. The van der Waals surface area contributed by atoms with E-state index >= 15 is 0 Å². The Labute approximate surface area is 155 Å². The number of hydrogen-bond donors (Lipinski definition) is 0. The van der Waals surface area contributed by atoms with Crippen molar-refractivity contribution in [3.8, 4) is 5.75 Å². The van der Waals surface area contributed by atoms with Gasteiger partial charge in [0.2, 0.25) is 0 Å². The van der Waals surface area contributed by atoms with E-state index in [9.17, 15) is 0 Å². The molecule has 0 radical (unpaired) electrons. The van der Waals surface area contributed by atoms with Gasteiger partial charge in [-0.25, -0.2) is 0 Å². The van der Waals surface area contributed by atoms with Crippen molar-refractivity contribution in [2.45, 2.75) is 58.3 Å². The molecule has 0 N–H and O–H groups in total. The molecule has 0 aromatic heterocycles. The van der Waals surface area contributed by atoms with Crippen LogP contribution in [0.1, 0.15) is 63.9 Å². The van der Waals surface area contributed by atoms with Crippen LogP contribution in [0.3, 0.4) is 0 Å². The summed E-state index contributed by atoms with van der Waals surface area (Å²) in [5.41, 5.74) is 1.15. The lowest BCUT2D eigenvalue weighted by Gasteiger charge is -2.23. The molecular formula is C22H39N2O+. The minimum absolute atomic E-state index is 0.745. The van der Waals surface area contributed by atoms with E-state index in [2.05, 4.69) is 45.2 Å². The third kappa shape index (κ3) is 12.6. The van der Waals surface area contributed by atoms with Crippen LogP contribution in [0.4, 0.5) is 0 Å². The van der Waals surface area contributed by atoms with Crippen molar-refractivity contribution in [1.82, 2.24) is 0 Å². The molecule has 0 saturated carbocycles. The van der Waals surface area contributed by atoms with Gasteiger partial charge in [-0.3, -0.25) is 4.99 Å². The van der Waals surface area contributed by atoms with E-state index in [0.29, 0.717) is 0 Å². The fourth-order valence-corrected chi connectivity index (χ4v) is 2.59. The van der Waals surface area contributed by atoms with Crippen molar-refractivity contribution in [3.63, 3.8) is 0 Å². The second-order valence-corrected chi connectivity index (χ2v) is 7.94. The van der Waals surface area contributed by atoms with E-state index < -0.39 is 0 Å². The molecule has 0 bridgehead atoms. The number of unbranched alkanes of at least 4 members (excludes halogenated alkanes) is 7. The maximum Gasteiger partial charge on any atom is 0.137 e. The van der Waals surface area contributed by atoms with Crippen molar-refractivity contribution < 1.29 is 9.22 Å². The first-order chi connectivity index (χ1) is 12.0. The Morgan fingerprint density at radius 3 is 2.08 bits per heavy atom. The van der Waals surface area contributed by atoms with Crippen LogP contribution in [-0.2, 0) is 0 Å². The van der Waals surface area contributed by atoms with Gasteiger partial charge in [0, 0.05) is 12.8 Å². The van der Waals surface area contributed by atoms with Crippen molar-refractivity contribution >= 4 is 6.21 Å². The predicted molar refractivity (Wildman–Crippen MR) is 110 cm³/mol. The second kappa shape index (κ2) is 12.9. The molecule has 0 atom stereocenters. The maximum absolute atomic E-state index is 5.78. The Bertz CT molecular complexity index is 460. The summed E-state index contributed by atoms with van der Waals surface area (Å²) in [6, 6.07) is 8.23. The quantitative estimate of drug-likeness (QED) is 0.253. The normalized spacial score (nSPS) is 12.0. The van der Waals surface area contributed by atoms with Crippen LogP contribution >= 0.6 is 0 Å². The summed E-state index contributed by atoms with van der Waals surface area (Å²) in [4.78, 5) is 4.54. The van der Waals surface area contributed by atoms with Crippen LogP contribution in [0.25, 0.3) is 0 Å². The average Bonchev–Trinajstić information content (AvgIpc) is 2.57. The van der Waals surface area contributed by atoms with E-state index in [1.165, 1.54) is 51.4 Å². The van der Waals surface area contributed by atoms with Gasteiger partial charge in [-0.15, -0.1) is 0 Å². The lowest BCUT2D eigenvalue weighted by atomic mass is 10.1. The number of ether oxygens (including phenoxy) is 1. The Hall–Kier alpha value is -1.35. The highest BCUT2D eigenvalue weighted by Gasteiger charge is 2.06. The first-order valence-electron chi connectivity index (χ1n) is 10.0. The van der Waals surface area contributed by atoms with Crippen LogP contribution in [0.2, 0.25) is 0 Å². The predicted octanol–water partition coefficient (Wildman–Crippen LogP) is 5.33. The van der Waals surface area contributed by atoms with Crippen LogP contribution in [0.5, 0.6) is 5.75 Å². The number of quaternary nitrogens is 1. The Morgan fingerprint density at radius 2 is 1.48 bits per heavy atom. The zero-order valence-electron chi connectivity index (χ0n) is 17.0. The first-order valence-corrected chi connectivity index (χ1v) is 10.0. The van der Waals surface area contributed by atoms with E-state index in [-0.39, 0.29) is 0 Å². The summed E-state index contributed by atoms with van der Waals surface area (Å²) in [6.07, 6.45) is 12.8. The highest BCUT2D eigenvalue weighted by Crippen LogP contribution is 2.12. The molecule has 1 aromatic carbocycles. The van der Waals surface area contributed by atoms with Crippen LogP contribution in [0, 0.1) is 0 Å². The van der Waals surface area contributed by atoms with Crippen LogP contribution in [0.15, 0.2) is 29.3 Å². The fourth-order valence-electron chi connectivity index (χ4n) is 2.59. The average molecular weight is 348 g/mol. The van der Waals surface area contributed by atoms with Gasteiger partial charge in [-0.2, -0.15) is 0 Å². The van der Waals surface area contributed by atoms with Gasteiger partial charge in [0.15, 0.2) is 0 Å². The van der Waals surface area contributed by atoms with Gasteiger partial charge < -0.3 is 9.22 Å². The summed E-state index contributed by atoms with van der Waals surface area (Å²) in [5.74, 6) is 0.939. The molecule has 1 aromatic rings. The zero-order chi connectivity index (χ0) is 18.4. The molecule has 142 valence electrons. The summed E-state index contributed by atoms with van der Waals surface area (Å²) in [5, 5.41) is 0. The Balaban J connectivity index is 2.11. The molecule has 0 aliphatic heterocycles. The molecule has 0 spiro atoms. The summed E-state index contributed by atoms with van der Waals surface area (Å²) >= 11 is 0. The van der Waals surface area contributed by atoms with E-state index in [1.807, 2.05) is 18.3 Å². The number of aliphatic imine (C=N–C) groups is 1. The minimum Gasteiger partial charge on any atom is -0.488 e. The number of rotatable bonds is 14. The van der Waals surface area contributed by atoms with Crippen LogP contribution < -0.4 is 4.74 Å². The third-order valence-electron chi connectivity index (χ3n) is 4.29. The van der Waals surface area contributed by atoms with Gasteiger partial charge >= 0.3 is 0 Å². The van der Waals surface area contributed by atoms with Crippen molar-refractivity contribution in [3.05, 3.63) is 29.8 Å². The van der Waals surface area contributed by atoms with Crippen LogP contribution in [-0.4, -0.2) is 51.5 Å². The first kappa shape index (κ1) is 21.7. The van der Waals surface area contributed by atoms with Crippen molar-refractivity contribution in [1.29, 1.82) is 0 Å². The Morgan fingerprint density at radius 1 is 0.880 bits per heavy atom. The Kier molecular flexibility index (Phi) is 11.2. The molecule has 0 unspecified atom stereocenters. The molecule has 0 fully saturated rings. The largest absolute Gasteiger partial charge is 0.488 e. The summed E-state index contributed by atoms with van der Waals surface area (Å²) in [7, 11) is 6.53. The lowest BCUT2D eigenvalue weighted by Crippen LogP contribution is -2.38. The molecule has 3 nitrogen and oxygen atoms in total. The molecule has 0 amide bonds. The maximum atomic E-state index is 5.78. The minimum atomic E-state index is 0.745. The molecule has 0 aliphatic rings. The monoisotopic (exact) mass is 347 g/mol. The molecule has 1 rings (SSSR count). The molecule has 0 heterocycles. The van der Waals surface area contributed by atoms with Gasteiger partial charge in [0.1, 0.15) is 18.9 Å². The van der Waals surface area contributed by atoms with Gasteiger partial charge in [-0.1, -0.05) is 51.9 Å². The lowest BCUT2D eigenvalue weighted by molar-refractivity contribution is -0.870. The SMILES string of the molecule is CCCCCCCCCCN=Cc1ccc(OCC[N+](C)(C)C)cc1. The van der Waals surface area contributed by atoms with E-state index in [4.69, 9.17) is 4.74 Å². The molecule has 0 saturated heterocycles. The number of nitrogens with zero attached hydrogens (tertiary/aromatic N) is 2. The molecule has 3 heteroatoms. The molecule has 0 aliphatic carbocycles. The smallest absolute Gasteiger partial charge is 0.137 e. The molecule has 25 heavy (non-hydrogen) atoms. The zero-order valence-corrected chi connectivity index (χ0v) is 17.0. The highest BCUT2D eigenvalue weighted by molar-refractivity contribution is 5.79. The second-order valence-electron chi connectivity index (χ2n) is 7.94. The topological polar surface area (TPSA) is 21.6 Å². The number of hydrogen-bond acceptors (Lipinski definition) is 2. The van der Waals surface area contributed by atoms with Gasteiger partial charge in [-0.05, 0) is 36.2 Å². The van der Waals surface area contributed by atoms with Gasteiger partial charge in [0.25, 0.3) is 0 Å². The number of benzene rings is 1. The van der Waals surface area contributed by atoms with Gasteiger partial charge in [0.05, 0.1) is 21.1 Å². The fraction of sp³-hybridized carbons (Fsp3) is 0.682. The van der Waals surface area contributed by atoms with E-state index in [0.717, 1.165) is 35.5 Å². The summed E-state index contributed by atoms with van der Waals surface area (Å²) in [6.45, 7) is 4.96. The van der Waals surface area contributed by atoms with Crippen molar-refractivity contribution in [2.24, 2.45) is 4.99 Å². The standard InChI is InChI=1S/C22H39N2O/c1-5-6-7-8-9-10-11-12-17-23-20-21-13-15-22(16-14-21)25-19-18-24(2,3)4/h13-16,20H,5-12,17-19H2,1-4H3/q+1. The number of likely N-dealkylation sites (N-methyl/N-ethyl adjacent to an activating group) is 1. The third-order valence-corrected chi connectivity index (χ3v) is 4.29. The highest BCUT2D eigenvalue weighted by atomic mass is 16.5. The van der Waals surface area contributed by atoms with E-state index in [1.54, 1.807) is 0 Å². The molecular weight excluding hydrogens is 308 g/mol. The van der Waals surface area contributed by atoms with Crippen molar-refractivity contribution in [2.75, 3.05) is 40.8 Å².